The number of para-hydroxylation sites is 1. The van der Waals surface area contributed by atoms with Gasteiger partial charge in [-0.05, 0) is 75.6 Å². The Morgan fingerprint density at radius 2 is 1.55 bits per heavy atom. The van der Waals surface area contributed by atoms with E-state index < -0.39 is 0 Å². The maximum Gasteiger partial charge on any atom is 0.175 e. The van der Waals surface area contributed by atoms with E-state index in [1.165, 1.54) is 0 Å². The van der Waals surface area contributed by atoms with Crippen LogP contribution < -0.4 is 23.7 Å². The molecular formula is C26H24BrNO5. The second-order valence-electron chi connectivity index (χ2n) is 6.78. The molecule has 0 radical (unpaired) electrons. The van der Waals surface area contributed by atoms with Crippen LogP contribution in [-0.4, -0.2) is 34.5 Å². The Kier molecular flexibility index (Phi) is 8.62. The van der Waals surface area contributed by atoms with Gasteiger partial charge in [0, 0.05) is 0 Å². The first-order valence-electron chi connectivity index (χ1n) is 10.1. The fraction of sp³-hybridized carbons (Fsp3) is 0.192. The molecule has 0 saturated carbocycles. The lowest BCUT2D eigenvalue weighted by atomic mass is 10.0. The third kappa shape index (κ3) is 6.21. The summed E-state index contributed by atoms with van der Waals surface area (Å²) in [6.45, 7) is 0.729. The molecule has 0 spiro atoms. The van der Waals surface area contributed by atoms with Gasteiger partial charge in [0.1, 0.15) is 19.0 Å². The van der Waals surface area contributed by atoms with Crippen molar-refractivity contribution in [3.8, 4) is 34.8 Å². The Morgan fingerprint density at radius 1 is 0.848 bits per heavy atom. The molecule has 0 fully saturated rings. The highest BCUT2D eigenvalue weighted by Gasteiger charge is 2.13. The minimum Gasteiger partial charge on any atom is -0.493 e. The molecule has 0 unspecified atom stereocenters. The van der Waals surface area contributed by atoms with E-state index in [2.05, 4.69) is 22.0 Å². The molecule has 6 nitrogen and oxygen atoms in total. The molecule has 0 aliphatic heterocycles. The fourth-order valence-corrected chi connectivity index (χ4v) is 3.71. The molecule has 7 heteroatoms. The molecule has 0 saturated heterocycles. The number of hydrogen-bond acceptors (Lipinski definition) is 6. The van der Waals surface area contributed by atoms with Crippen LogP contribution in [0.5, 0.6) is 28.7 Å². The molecule has 0 heterocycles. The van der Waals surface area contributed by atoms with Crippen molar-refractivity contribution in [1.29, 1.82) is 5.26 Å². The van der Waals surface area contributed by atoms with E-state index >= 15 is 0 Å². The van der Waals surface area contributed by atoms with Gasteiger partial charge >= 0.3 is 0 Å². The molecule has 3 rings (SSSR count). The second-order valence-corrected chi connectivity index (χ2v) is 7.64. The van der Waals surface area contributed by atoms with Crippen LogP contribution >= 0.6 is 15.9 Å². The molecule has 0 N–H and O–H groups in total. The van der Waals surface area contributed by atoms with Crippen LogP contribution in [0.1, 0.15) is 11.1 Å². The summed E-state index contributed by atoms with van der Waals surface area (Å²) in [4.78, 5) is 0. The van der Waals surface area contributed by atoms with Crippen molar-refractivity contribution < 1.29 is 23.7 Å². The van der Waals surface area contributed by atoms with Crippen molar-refractivity contribution in [2.24, 2.45) is 0 Å². The van der Waals surface area contributed by atoms with Crippen LogP contribution in [0.15, 0.2) is 65.1 Å². The van der Waals surface area contributed by atoms with Gasteiger partial charge in [0.2, 0.25) is 0 Å². The van der Waals surface area contributed by atoms with E-state index in [1.54, 1.807) is 39.5 Å². The van der Waals surface area contributed by atoms with E-state index in [0.29, 0.717) is 51.8 Å². The number of allylic oxidation sites excluding steroid dienone is 1. The van der Waals surface area contributed by atoms with Crippen molar-refractivity contribution in [3.05, 3.63) is 76.3 Å². The Labute approximate surface area is 202 Å². The largest absolute Gasteiger partial charge is 0.493 e. The molecule has 0 amide bonds. The van der Waals surface area contributed by atoms with Crippen molar-refractivity contribution in [3.63, 3.8) is 0 Å². The first kappa shape index (κ1) is 24.0. The van der Waals surface area contributed by atoms with Crippen molar-refractivity contribution >= 4 is 27.6 Å². The van der Waals surface area contributed by atoms with Gasteiger partial charge in [0.25, 0.3) is 0 Å². The van der Waals surface area contributed by atoms with E-state index in [0.717, 1.165) is 11.3 Å². The number of benzene rings is 3. The van der Waals surface area contributed by atoms with Gasteiger partial charge in [-0.3, -0.25) is 0 Å². The third-order valence-corrected chi connectivity index (χ3v) is 5.31. The summed E-state index contributed by atoms with van der Waals surface area (Å²) in [6.07, 6.45) is 1.77. The van der Waals surface area contributed by atoms with Crippen molar-refractivity contribution in [2.75, 3.05) is 34.5 Å². The van der Waals surface area contributed by atoms with Crippen LogP contribution in [0.25, 0.3) is 11.6 Å². The SMILES string of the molecule is COc1ccc(/C(C#N)=C/c2cc(Br)c(OCCOc3ccccc3)c(OC)c2)cc1OC. The average molecular weight is 510 g/mol. The third-order valence-electron chi connectivity index (χ3n) is 4.72. The quantitative estimate of drug-likeness (QED) is 0.189. The topological polar surface area (TPSA) is 69.9 Å². The minimum absolute atomic E-state index is 0.341. The zero-order valence-electron chi connectivity index (χ0n) is 18.6. The monoisotopic (exact) mass is 509 g/mol. The minimum atomic E-state index is 0.341. The zero-order chi connectivity index (χ0) is 23.6. The van der Waals surface area contributed by atoms with E-state index in [1.807, 2.05) is 48.5 Å². The van der Waals surface area contributed by atoms with Crippen LogP contribution in [0.2, 0.25) is 0 Å². The standard InChI is InChI=1S/C26H24BrNO5/c1-29-23-10-9-19(16-24(23)30-2)20(17-28)13-18-14-22(27)26(25(15-18)31-3)33-12-11-32-21-7-5-4-6-8-21/h4-10,13-16H,11-12H2,1-3H3/b20-13+. The van der Waals surface area contributed by atoms with Crippen LogP contribution in [0.4, 0.5) is 0 Å². The highest BCUT2D eigenvalue weighted by atomic mass is 79.9. The lowest BCUT2D eigenvalue weighted by Gasteiger charge is -2.14. The number of nitrogens with zero attached hydrogens (tertiary/aromatic N) is 1. The van der Waals surface area contributed by atoms with Gasteiger partial charge in [-0.25, -0.2) is 0 Å². The summed E-state index contributed by atoms with van der Waals surface area (Å²) >= 11 is 3.55. The number of methoxy groups -OCH3 is 3. The Hall–Kier alpha value is -3.63. The molecule has 170 valence electrons. The summed E-state index contributed by atoms with van der Waals surface area (Å²) in [7, 11) is 4.70. The Morgan fingerprint density at radius 3 is 2.21 bits per heavy atom. The lowest BCUT2D eigenvalue weighted by Crippen LogP contribution is -2.10. The number of nitriles is 1. The maximum atomic E-state index is 9.75. The highest BCUT2D eigenvalue weighted by Crippen LogP contribution is 2.38. The zero-order valence-corrected chi connectivity index (χ0v) is 20.2. The lowest BCUT2D eigenvalue weighted by molar-refractivity contribution is 0.210. The average Bonchev–Trinajstić information content (AvgIpc) is 2.85. The van der Waals surface area contributed by atoms with Crippen molar-refractivity contribution in [2.45, 2.75) is 0 Å². The van der Waals surface area contributed by atoms with E-state index in [9.17, 15) is 5.26 Å². The number of rotatable bonds is 10. The van der Waals surface area contributed by atoms with Gasteiger partial charge < -0.3 is 23.7 Å². The first-order valence-corrected chi connectivity index (χ1v) is 10.9. The summed E-state index contributed by atoms with van der Waals surface area (Å²) in [5.74, 6) is 3.04. The van der Waals surface area contributed by atoms with Gasteiger partial charge in [-0.1, -0.05) is 18.2 Å². The van der Waals surface area contributed by atoms with Gasteiger partial charge in [-0.15, -0.1) is 0 Å². The highest BCUT2D eigenvalue weighted by molar-refractivity contribution is 9.10. The fourth-order valence-electron chi connectivity index (χ4n) is 3.13. The van der Waals surface area contributed by atoms with Gasteiger partial charge in [0.15, 0.2) is 23.0 Å². The molecular weight excluding hydrogens is 486 g/mol. The van der Waals surface area contributed by atoms with Gasteiger partial charge in [-0.2, -0.15) is 5.26 Å². The molecule has 3 aromatic carbocycles. The molecule has 0 aliphatic rings. The van der Waals surface area contributed by atoms with Crippen LogP contribution in [-0.2, 0) is 0 Å². The van der Waals surface area contributed by atoms with E-state index in [-0.39, 0.29) is 0 Å². The molecule has 0 bridgehead atoms. The Bertz CT molecular complexity index is 1160. The number of hydrogen-bond donors (Lipinski definition) is 0. The van der Waals surface area contributed by atoms with Crippen LogP contribution in [0, 0.1) is 11.3 Å². The van der Waals surface area contributed by atoms with E-state index in [4.69, 9.17) is 23.7 Å². The Balaban J connectivity index is 1.79. The van der Waals surface area contributed by atoms with Gasteiger partial charge in [0.05, 0.1) is 37.4 Å². The van der Waals surface area contributed by atoms with Crippen molar-refractivity contribution in [1.82, 2.24) is 0 Å². The molecule has 3 aromatic rings. The smallest absolute Gasteiger partial charge is 0.175 e. The molecule has 0 aromatic heterocycles. The molecule has 33 heavy (non-hydrogen) atoms. The normalized spacial score (nSPS) is 10.8. The first-order chi connectivity index (χ1) is 16.1. The number of ether oxygens (including phenoxy) is 5. The summed E-state index contributed by atoms with van der Waals surface area (Å²) in [5, 5.41) is 9.75. The predicted molar refractivity (Wildman–Crippen MR) is 131 cm³/mol. The maximum absolute atomic E-state index is 9.75. The summed E-state index contributed by atoms with van der Waals surface area (Å²) in [6, 6.07) is 20.8. The summed E-state index contributed by atoms with van der Waals surface area (Å²) < 4.78 is 28.4. The molecule has 0 aliphatic carbocycles. The van der Waals surface area contributed by atoms with Crippen LogP contribution in [0.3, 0.4) is 0 Å². The summed E-state index contributed by atoms with van der Waals surface area (Å²) in [5.41, 5.74) is 1.96. The predicted octanol–water partition coefficient (Wildman–Crippen LogP) is 6.00. The second kappa shape index (κ2) is 11.8. The number of halogens is 1. The molecule has 0 atom stereocenters.